The predicted octanol–water partition coefficient (Wildman–Crippen LogP) is 4.28. The second kappa shape index (κ2) is 8.67. The van der Waals surface area contributed by atoms with E-state index in [-0.39, 0.29) is 16.8 Å². The van der Waals surface area contributed by atoms with Crippen LogP contribution < -0.4 is 5.32 Å². The minimum Gasteiger partial charge on any atom is -0.345 e. The van der Waals surface area contributed by atoms with E-state index in [1.807, 2.05) is 19.9 Å². The summed E-state index contributed by atoms with van der Waals surface area (Å²) in [6, 6.07) is 10.9. The molecule has 29 heavy (non-hydrogen) atoms. The molecule has 0 unspecified atom stereocenters. The average Bonchev–Trinajstić information content (AvgIpc) is 3.24. The van der Waals surface area contributed by atoms with Gasteiger partial charge in [-0.2, -0.15) is 4.31 Å². The first-order valence-corrected chi connectivity index (χ1v) is 11.7. The SMILES string of the molecule is CC[C@H](NC(=O)c1cc(S(=O)(=O)N2CCCC2)ccc1C)c1ccc(C)c(C)c1. The molecule has 0 aromatic heterocycles. The highest BCUT2D eigenvalue weighted by Crippen LogP contribution is 2.25. The van der Waals surface area contributed by atoms with Crippen molar-refractivity contribution in [2.45, 2.75) is 57.9 Å². The summed E-state index contributed by atoms with van der Waals surface area (Å²) in [5, 5.41) is 3.09. The molecule has 6 heteroatoms. The summed E-state index contributed by atoms with van der Waals surface area (Å²) in [7, 11) is -3.55. The number of carbonyl (C=O) groups excluding carboxylic acids is 1. The lowest BCUT2D eigenvalue weighted by molar-refractivity contribution is 0.0934. The van der Waals surface area contributed by atoms with Crippen LogP contribution in [-0.4, -0.2) is 31.7 Å². The van der Waals surface area contributed by atoms with Crippen LogP contribution in [-0.2, 0) is 10.0 Å². The molecule has 1 N–H and O–H groups in total. The second-order valence-corrected chi connectivity index (χ2v) is 9.80. The molecule has 156 valence electrons. The van der Waals surface area contributed by atoms with Crippen LogP contribution in [0.2, 0.25) is 0 Å². The largest absolute Gasteiger partial charge is 0.345 e. The van der Waals surface area contributed by atoms with Crippen LogP contribution in [0.25, 0.3) is 0 Å². The van der Waals surface area contributed by atoms with Gasteiger partial charge in [0.25, 0.3) is 5.91 Å². The number of rotatable bonds is 6. The number of carbonyl (C=O) groups is 1. The van der Waals surface area contributed by atoms with Crippen LogP contribution in [0.15, 0.2) is 41.3 Å². The molecule has 5 nitrogen and oxygen atoms in total. The molecule has 0 radical (unpaired) electrons. The van der Waals surface area contributed by atoms with Crippen molar-refractivity contribution >= 4 is 15.9 Å². The van der Waals surface area contributed by atoms with E-state index in [9.17, 15) is 13.2 Å². The van der Waals surface area contributed by atoms with Gasteiger partial charge in [-0.05, 0) is 74.4 Å². The van der Waals surface area contributed by atoms with Gasteiger partial charge in [-0.25, -0.2) is 8.42 Å². The number of amides is 1. The van der Waals surface area contributed by atoms with Gasteiger partial charge >= 0.3 is 0 Å². The van der Waals surface area contributed by atoms with E-state index in [0.29, 0.717) is 18.7 Å². The summed E-state index contributed by atoms with van der Waals surface area (Å²) < 4.78 is 27.3. The summed E-state index contributed by atoms with van der Waals surface area (Å²) in [6.07, 6.45) is 2.51. The van der Waals surface area contributed by atoms with Gasteiger partial charge in [-0.1, -0.05) is 31.2 Å². The lowest BCUT2D eigenvalue weighted by Gasteiger charge is -2.20. The number of hydrogen-bond acceptors (Lipinski definition) is 3. The van der Waals surface area contributed by atoms with E-state index in [0.717, 1.165) is 30.4 Å². The Bertz CT molecular complexity index is 1010. The maximum absolute atomic E-state index is 13.0. The summed E-state index contributed by atoms with van der Waals surface area (Å²) in [5.41, 5.74) is 4.63. The van der Waals surface area contributed by atoms with Crippen molar-refractivity contribution in [3.8, 4) is 0 Å². The molecular formula is C23H30N2O3S. The van der Waals surface area contributed by atoms with Gasteiger partial charge in [0.15, 0.2) is 0 Å². The van der Waals surface area contributed by atoms with Crippen LogP contribution in [0, 0.1) is 20.8 Å². The summed E-state index contributed by atoms with van der Waals surface area (Å²) in [4.78, 5) is 13.2. The minimum atomic E-state index is -3.55. The Balaban J connectivity index is 1.87. The molecule has 0 saturated carbocycles. The standard InChI is InChI=1S/C23H30N2O3S/c1-5-22(19-10-8-16(2)18(4)14-19)24-23(26)21-15-20(11-9-17(21)3)29(27,28)25-12-6-7-13-25/h8-11,14-15,22H,5-7,12-13H2,1-4H3,(H,24,26)/t22-/m0/s1. The van der Waals surface area contributed by atoms with Crippen LogP contribution in [0.5, 0.6) is 0 Å². The number of benzene rings is 2. The fourth-order valence-electron chi connectivity index (χ4n) is 3.72. The molecule has 1 atom stereocenters. The molecule has 0 aliphatic carbocycles. The second-order valence-electron chi connectivity index (χ2n) is 7.87. The maximum atomic E-state index is 13.0. The summed E-state index contributed by atoms with van der Waals surface area (Å²) in [5.74, 6) is -0.244. The normalized spacial score (nSPS) is 16.0. The van der Waals surface area contributed by atoms with Crippen LogP contribution >= 0.6 is 0 Å². The van der Waals surface area contributed by atoms with Crippen LogP contribution in [0.4, 0.5) is 0 Å². The third-order valence-electron chi connectivity index (χ3n) is 5.80. The molecule has 2 aromatic carbocycles. The minimum absolute atomic E-state index is 0.125. The Hall–Kier alpha value is -2.18. The fraction of sp³-hybridized carbons (Fsp3) is 0.435. The van der Waals surface area contributed by atoms with Gasteiger partial charge in [-0.3, -0.25) is 4.79 Å². The third kappa shape index (κ3) is 4.54. The fourth-order valence-corrected chi connectivity index (χ4v) is 5.27. The van der Waals surface area contributed by atoms with Crippen LogP contribution in [0.3, 0.4) is 0 Å². The molecule has 1 heterocycles. The number of hydrogen-bond donors (Lipinski definition) is 1. The Morgan fingerprint density at radius 1 is 1.00 bits per heavy atom. The molecule has 3 rings (SSSR count). The first-order chi connectivity index (χ1) is 13.7. The van der Waals surface area contributed by atoms with E-state index < -0.39 is 10.0 Å². The molecule has 1 aliphatic heterocycles. The maximum Gasteiger partial charge on any atom is 0.252 e. The Kier molecular flexibility index (Phi) is 6.44. The van der Waals surface area contributed by atoms with Crippen molar-refractivity contribution in [1.29, 1.82) is 0 Å². The van der Waals surface area contributed by atoms with Gasteiger partial charge in [0, 0.05) is 18.7 Å². The Morgan fingerprint density at radius 3 is 2.28 bits per heavy atom. The van der Waals surface area contributed by atoms with E-state index in [1.54, 1.807) is 12.1 Å². The van der Waals surface area contributed by atoms with Crippen molar-refractivity contribution < 1.29 is 13.2 Å². The van der Waals surface area contributed by atoms with Crippen molar-refractivity contribution in [2.75, 3.05) is 13.1 Å². The molecule has 1 amide bonds. The lowest BCUT2D eigenvalue weighted by atomic mass is 9.99. The van der Waals surface area contributed by atoms with Gasteiger partial charge < -0.3 is 5.32 Å². The quantitative estimate of drug-likeness (QED) is 0.767. The zero-order valence-electron chi connectivity index (χ0n) is 17.7. The van der Waals surface area contributed by atoms with Crippen molar-refractivity contribution in [3.63, 3.8) is 0 Å². The highest BCUT2D eigenvalue weighted by atomic mass is 32.2. The number of aryl methyl sites for hydroxylation is 3. The van der Waals surface area contributed by atoms with Crippen molar-refractivity contribution in [1.82, 2.24) is 9.62 Å². The molecule has 1 aliphatic rings. The van der Waals surface area contributed by atoms with Gasteiger partial charge in [-0.15, -0.1) is 0 Å². The first kappa shape index (κ1) is 21.5. The van der Waals surface area contributed by atoms with Gasteiger partial charge in [0.2, 0.25) is 10.0 Å². The molecule has 2 aromatic rings. The zero-order chi connectivity index (χ0) is 21.2. The smallest absolute Gasteiger partial charge is 0.252 e. The van der Waals surface area contributed by atoms with Crippen molar-refractivity contribution in [3.05, 3.63) is 64.2 Å². The van der Waals surface area contributed by atoms with Gasteiger partial charge in [0.1, 0.15) is 0 Å². The average molecular weight is 415 g/mol. The Labute approximate surface area is 174 Å². The van der Waals surface area contributed by atoms with E-state index in [2.05, 4.69) is 31.3 Å². The number of sulfonamides is 1. The number of nitrogens with one attached hydrogen (secondary N) is 1. The molecule has 0 spiro atoms. The number of nitrogens with zero attached hydrogens (tertiary/aromatic N) is 1. The summed E-state index contributed by atoms with van der Waals surface area (Å²) in [6.45, 7) is 9.07. The monoisotopic (exact) mass is 414 g/mol. The van der Waals surface area contributed by atoms with E-state index in [4.69, 9.17) is 0 Å². The first-order valence-electron chi connectivity index (χ1n) is 10.2. The third-order valence-corrected chi connectivity index (χ3v) is 7.70. The van der Waals surface area contributed by atoms with Crippen LogP contribution in [0.1, 0.15) is 64.8 Å². The Morgan fingerprint density at radius 2 is 1.66 bits per heavy atom. The molecule has 1 saturated heterocycles. The topological polar surface area (TPSA) is 66.5 Å². The summed E-state index contributed by atoms with van der Waals surface area (Å²) >= 11 is 0. The van der Waals surface area contributed by atoms with E-state index >= 15 is 0 Å². The predicted molar refractivity (Wildman–Crippen MR) is 116 cm³/mol. The molecule has 0 bridgehead atoms. The lowest BCUT2D eigenvalue weighted by Crippen LogP contribution is -2.30. The highest BCUT2D eigenvalue weighted by Gasteiger charge is 2.28. The molecule has 1 fully saturated rings. The van der Waals surface area contributed by atoms with E-state index in [1.165, 1.54) is 21.5 Å². The molecular weight excluding hydrogens is 384 g/mol. The zero-order valence-corrected chi connectivity index (χ0v) is 18.5. The van der Waals surface area contributed by atoms with Crippen molar-refractivity contribution in [2.24, 2.45) is 0 Å². The van der Waals surface area contributed by atoms with Gasteiger partial charge in [0.05, 0.1) is 10.9 Å². The highest BCUT2D eigenvalue weighted by molar-refractivity contribution is 7.89.